The first-order valence-electron chi connectivity index (χ1n) is 6.84. The molecule has 1 aromatic carbocycles. The minimum Gasteiger partial charge on any atom is -0.338 e. The summed E-state index contributed by atoms with van der Waals surface area (Å²) in [6, 6.07) is 8.68. The number of hydrogen-bond acceptors (Lipinski definition) is 1. The third kappa shape index (κ3) is 3.76. The van der Waals surface area contributed by atoms with Crippen LogP contribution in [0.3, 0.4) is 0 Å². The lowest BCUT2D eigenvalue weighted by Crippen LogP contribution is -2.41. The van der Waals surface area contributed by atoms with Crippen LogP contribution in [0.15, 0.2) is 24.3 Å². The Labute approximate surface area is 109 Å². The molecule has 98 valence electrons. The van der Waals surface area contributed by atoms with Gasteiger partial charge in [0.1, 0.15) is 0 Å². The van der Waals surface area contributed by atoms with E-state index in [1.807, 2.05) is 12.1 Å². The quantitative estimate of drug-likeness (QED) is 0.842. The van der Waals surface area contributed by atoms with Crippen molar-refractivity contribution in [3.05, 3.63) is 35.4 Å². The highest BCUT2D eigenvalue weighted by Crippen LogP contribution is 2.17. The van der Waals surface area contributed by atoms with Crippen molar-refractivity contribution in [2.75, 3.05) is 6.54 Å². The van der Waals surface area contributed by atoms with Crippen molar-refractivity contribution in [1.82, 2.24) is 10.6 Å². The molecule has 3 nitrogen and oxygen atoms in total. The zero-order chi connectivity index (χ0) is 12.8. The molecule has 1 aliphatic carbocycles. The number of amides is 2. The smallest absolute Gasteiger partial charge is 0.315 e. The van der Waals surface area contributed by atoms with Crippen molar-refractivity contribution < 1.29 is 4.79 Å². The second-order valence-electron chi connectivity index (χ2n) is 5.06. The average Bonchev–Trinajstić information content (AvgIpc) is 2.84. The van der Waals surface area contributed by atoms with Crippen LogP contribution in [0.4, 0.5) is 4.79 Å². The molecule has 2 N–H and O–H groups in total. The van der Waals surface area contributed by atoms with Crippen molar-refractivity contribution in [2.24, 2.45) is 0 Å². The van der Waals surface area contributed by atoms with E-state index in [1.54, 1.807) is 0 Å². The van der Waals surface area contributed by atoms with E-state index >= 15 is 0 Å². The molecule has 0 unspecified atom stereocenters. The fraction of sp³-hybridized carbons (Fsp3) is 0.533. The van der Waals surface area contributed by atoms with Gasteiger partial charge >= 0.3 is 6.03 Å². The van der Waals surface area contributed by atoms with E-state index in [1.165, 1.54) is 24.0 Å². The fourth-order valence-corrected chi connectivity index (χ4v) is 2.51. The summed E-state index contributed by atoms with van der Waals surface area (Å²) < 4.78 is 0. The lowest BCUT2D eigenvalue weighted by Gasteiger charge is -2.13. The van der Waals surface area contributed by atoms with Gasteiger partial charge in [-0.25, -0.2) is 4.79 Å². The summed E-state index contributed by atoms with van der Waals surface area (Å²) in [7, 11) is 0. The van der Waals surface area contributed by atoms with Crippen molar-refractivity contribution in [3.63, 3.8) is 0 Å². The Bertz CT molecular complexity index is 397. The van der Waals surface area contributed by atoms with Gasteiger partial charge in [-0.1, -0.05) is 37.1 Å². The molecule has 0 aliphatic heterocycles. The average molecular weight is 246 g/mol. The molecule has 3 heteroatoms. The first-order valence-corrected chi connectivity index (χ1v) is 6.84. The van der Waals surface area contributed by atoms with Crippen LogP contribution in [0, 0.1) is 6.92 Å². The monoisotopic (exact) mass is 246 g/mol. The second kappa shape index (κ2) is 6.43. The second-order valence-corrected chi connectivity index (χ2v) is 5.06. The standard InChI is InChI=1S/C15H22N2O/c1-12-6-2-3-7-13(12)10-11-16-15(18)17-14-8-4-5-9-14/h2-3,6-7,14H,4-5,8-11H2,1H3,(H2,16,17,18). The number of rotatable bonds is 4. The molecule has 0 saturated heterocycles. The molecule has 1 fully saturated rings. The largest absolute Gasteiger partial charge is 0.338 e. The zero-order valence-electron chi connectivity index (χ0n) is 11.0. The Kier molecular flexibility index (Phi) is 4.62. The molecule has 0 bridgehead atoms. The predicted molar refractivity (Wildman–Crippen MR) is 73.7 cm³/mol. The summed E-state index contributed by atoms with van der Waals surface area (Å²) >= 11 is 0. The number of urea groups is 1. The summed E-state index contributed by atoms with van der Waals surface area (Å²) in [5, 5.41) is 5.96. The van der Waals surface area contributed by atoms with Crippen LogP contribution >= 0.6 is 0 Å². The number of hydrogen-bond donors (Lipinski definition) is 2. The van der Waals surface area contributed by atoms with E-state index in [0.717, 1.165) is 19.3 Å². The molecule has 18 heavy (non-hydrogen) atoms. The van der Waals surface area contributed by atoms with Crippen molar-refractivity contribution in [1.29, 1.82) is 0 Å². The maximum absolute atomic E-state index is 11.7. The Morgan fingerprint density at radius 2 is 2.00 bits per heavy atom. The normalized spacial score (nSPS) is 15.6. The van der Waals surface area contributed by atoms with Crippen LogP contribution in [-0.4, -0.2) is 18.6 Å². The summed E-state index contributed by atoms with van der Waals surface area (Å²) in [5.74, 6) is 0. The molecule has 1 aliphatic rings. The Morgan fingerprint density at radius 1 is 1.28 bits per heavy atom. The van der Waals surface area contributed by atoms with Gasteiger partial charge in [-0.05, 0) is 37.3 Å². The van der Waals surface area contributed by atoms with Crippen LogP contribution in [-0.2, 0) is 6.42 Å². The first kappa shape index (κ1) is 12.9. The highest BCUT2D eigenvalue weighted by Gasteiger charge is 2.16. The van der Waals surface area contributed by atoms with Gasteiger partial charge in [-0.2, -0.15) is 0 Å². The van der Waals surface area contributed by atoms with Gasteiger partial charge in [-0.15, -0.1) is 0 Å². The Balaban J connectivity index is 1.68. The van der Waals surface area contributed by atoms with Gasteiger partial charge in [0, 0.05) is 12.6 Å². The van der Waals surface area contributed by atoms with Crippen LogP contribution in [0.5, 0.6) is 0 Å². The minimum atomic E-state index is -0.0181. The van der Waals surface area contributed by atoms with Gasteiger partial charge in [0.05, 0.1) is 0 Å². The van der Waals surface area contributed by atoms with E-state index in [0.29, 0.717) is 12.6 Å². The van der Waals surface area contributed by atoms with E-state index in [2.05, 4.69) is 29.7 Å². The van der Waals surface area contributed by atoms with Gasteiger partial charge < -0.3 is 10.6 Å². The molecule has 2 rings (SSSR count). The summed E-state index contributed by atoms with van der Waals surface area (Å²) in [4.78, 5) is 11.7. The first-order chi connectivity index (χ1) is 8.75. The Hall–Kier alpha value is -1.51. The summed E-state index contributed by atoms with van der Waals surface area (Å²) in [5.41, 5.74) is 2.59. The SMILES string of the molecule is Cc1ccccc1CCNC(=O)NC1CCCC1. The number of carbonyl (C=O) groups is 1. The highest BCUT2D eigenvalue weighted by atomic mass is 16.2. The molecule has 0 spiro atoms. The number of benzene rings is 1. The maximum Gasteiger partial charge on any atom is 0.315 e. The lowest BCUT2D eigenvalue weighted by molar-refractivity contribution is 0.237. The molecule has 1 saturated carbocycles. The van der Waals surface area contributed by atoms with Crippen LogP contribution in [0.2, 0.25) is 0 Å². The highest BCUT2D eigenvalue weighted by molar-refractivity contribution is 5.74. The zero-order valence-corrected chi connectivity index (χ0v) is 11.0. The molecular weight excluding hydrogens is 224 g/mol. The minimum absolute atomic E-state index is 0.0181. The molecule has 0 radical (unpaired) electrons. The van der Waals surface area contributed by atoms with Crippen molar-refractivity contribution in [3.8, 4) is 0 Å². The predicted octanol–water partition coefficient (Wildman–Crippen LogP) is 2.78. The van der Waals surface area contributed by atoms with Gasteiger partial charge in [0.2, 0.25) is 0 Å². The van der Waals surface area contributed by atoms with Crippen molar-refractivity contribution >= 4 is 6.03 Å². The molecule has 1 aromatic rings. The summed E-state index contributed by atoms with van der Waals surface area (Å²) in [6.45, 7) is 2.80. The number of aryl methyl sites for hydroxylation is 1. The molecule has 2 amide bonds. The maximum atomic E-state index is 11.7. The third-order valence-electron chi connectivity index (χ3n) is 3.63. The third-order valence-corrected chi connectivity index (χ3v) is 3.63. The molecule has 0 atom stereocenters. The Morgan fingerprint density at radius 3 is 2.72 bits per heavy atom. The molecule has 0 heterocycles. The topological polar surface area (TPSA) is 41.1 Å². The van der Waals surface area contributed by atoms with E-state index < -0.39 is 0 Å². The molecule has 0 aromatic heterocycles. The van der Waals surface area contributed by atoms with E-state index in [4.69, 9.17) is 0 Å². The van der Waals surface area contributed by atoms with Gasteiger partial charge in [0.25, 0.3) is 0 Å². The van der Waals surface area contributed by atoms with Crippen LogP contribution in [0.25, 0.3) is 0 Å². The van der Waals surface area contributed by atoms with Crippen molar-refractivity contribution in [2.45, 2.75) is 45.1 Å². The number of carbonyl (C=O) groups excluding carboxylic acids is 1. The van der Waals surface area contributed by atoms with E-state index in [9.17, 15) is 4.79 Å². The van der Waals surface area contributed by atoms with E-state index in [-0.39, 0.29) is 6.03 Å². The van der Waals surface area contributed by atoms with Crippen LogP contribution < -0.4 is 10.6 Å². The van der Waals surface area contributed by atoms with Gasteiger partial charge in [-0.3, -0.25) is 0 Å². The number of nitrogens with one attached hydrogen (secondary N) is 2. The molecular formula is C15H22N2O. The fourth-order valence-electron chi connectivity index (χ4n) is 2.51. The lowest BCUT2D eigenvalue weighted by atomic mass is 10.1. The van der Waals surface area contributed by atoms with Crippen LogP contribution in [0.1, 0.15) is 36.8 Å². The summed E-state index contributed by atoms with van der Waals surface area (Å²) in [6.07, 6.45) is 5.64. The van der Waals surface area contributed by atoms with Gasteiger partial charge in [0.15, 0.2) is 0 Å².